The molecule has 0 amide bonds. The van der Waals surface area contributed by atoms with Gasteiger partial charge in [-0.2, -0.15) is 0 Å². The number of rotatable bonds is 4. The van der Waals surface area contributed by atoms with E-state index in [0.29, 0.717) is 5.02 Å². The van der Waals surface area contributed by atoms with Crippen molar-refractivity contribution in [1.82, 2.24) is 0 Å². The second-order valence-corrected chi connectivity index (χ2v) is 4.39. The maximum absolute atomic E-state index is 11.1. The Labute approximate surface area is 118 Å². The van der Waals surface area contributed by atoms with E-state index in [9.17, 15) is 4.79 Å². The van der Waals surface area contributed by atoms with E-state index < -0.39 is 6.04 Å². The minimum atomic E-state index is -0.439. The molecule has 6 heteroatoms. The zero-order valence-electron chi connectivity index (χ0n) is 10.6. The topological polar surface area (TPSA) is 55.6 Å². The highest BCUT2D eigenvalue weighted by Crippen LogP contribution is 2.27. The molecule has 0 aliphatic carbocycles. The van der Waals surface area contributed by atoms with Crippen molar-refractivity contribution in [3.63, 3.8) is 0 Å². The lowest BCUT2D eigenvalue weighted by Gasteiger charge is -2.17. The standard InChI is InChI=1S/C12H17ClN2O2.ClH/c1-15(2)8-4-5-9(10(13)6-8)11(14)7-12(16)17-3;/h4-6,11H,7,14H2,1-3H3;1H/t11-;/m0./s1. The molecule has 0 radical (unpaired) electrons. The van der Waals surface area contributed by atoms with E-state index in [2.05, 4.69) is 4.74 Å². The molecule has 0 aromatic heterocycles. The number of benzene rings is 1. The third-order valence-corrected chi connectivity index (χ3v) is 2.84. The monoisotopic (exact) mass is 292 g/mol. The van der Waals surface area contributed by atoms with Gasteiger partial charge < -0.3 is 15.4 Å². The summed E-state index contributed by atoms with van der Waals surface area (Å²) in [5, 5.41) is 0.563. The van der Waals surface area contributed by atoms with Gasteiger partial charge in [0.25, 0.3) is 0 Å². The number of esters is 1. The lowest BCUT2D eigenvalue weighted by molar-refractivity contribution is -0.141. The third kappa shape index (κ3) is 4.37. The van der Waals surface area contributed by atoms with E-state index >= 15 is 0 Å². The highest BCUT2D eigenvalue weighted by Gasteiger charge is 2.15. The molecule has 1 aromatic carbocycles. The minimum absolute atomic E-state index is 0. The average Bonchev–Trinajstić information content (AvgIpc) is 2.28. The van der Waals surface area contributed by atoms with E-state index in [1.165, 1.54) is 7.11 Å². The molecular formula is C12H18Cl2N2O2. The molecule has 1 rings (SSSR count). The van der Waals surface area contributed by atoms with Gasteiger partial charge in [-0.3, -0.25) is 4.79 Å². The predicted molar refractivity (Wildman–Crippen MR) is 76.6 cm³/mol. The Morgan fingerprint density at radius 3 is 2.56 bits per heavy atom. The number of anilines is 1. The van der Waals surface area contributed by atoms with Crippen molar-refractivity contribution in [1.29, 1.82) is 0 Å². The van der Waals surface area contributed by atoms with E-state index in [4.69, 9.17) is 17.3 Å². The van der Waals surface area contributed by atoms with E-state index in [-0.39, 0.29) is 24.8 Å². The lowest BCUT2D eigenvalue weighted by atomic mass is 10.0. The summed E-state index contributed by atoms with van der Waals surface area (Å²) in [4.78, 5) is 13.1. The van der Waals surface area contributed by atoms with Crippen molar-refractivity contribution in [2.24, 2.45) is 5.73 Å². The summed E-state index contributed by atoms with van der Waals surface area (Å²) in [5.41, 5.74) is 7.64. The van der Waals surface area contributed by atoms with Crippen molar-refractivity contribution >= 4 is 35.7 Å². The Kier molecular flexibility index (Phi) is 7.06. The first-order valence-corrected chi connectivity index (χ1v) is 5.62. The van der Waals surface area contributed by atoms with Crippen LogP contribution in [0.25, 0.3) is 0 Å². The van der Waals surface area contributed by atoms with Gasteiger partial charge in [0.15, 0.2) is 0 Å². The summed E-state index contributed by atoms with van der Waals surface area (Å²) in [5.74, 6) is -0.342. The molecular weight excluding hydrogens is 275 g/mol. The van der Waals surface area contributed by atoms with Gasteiger partial charge in [0.1, 0.15) is 0 Å². The molecule has 0 fully saturated rings. The number of carbonyl (C=O) groups excluding carboxylic acids is 1. The Balaban J connectivity index is 0.00000289. The molecule has 0 aliphatic rings. The molecule has 4 nitrogen and oxygen atoms in total. The first kappa shape index (κ1) is 17.0. The maximum Gasteiger partial charge on any atom is 0.307 e. The molecule has 18 heavy (non-hydrogen) atoms. The molecule has 1 aromatic rings. The van der Waals surface area contributed by atoms with Crippen LogP contribution in [0.1, 0.15) is 18.0 Å². The van der Waals surface area contributed by atoms with Crippen LogP contribution < -0.4 is 10.6 Å². The fourth-order valence-corrected chi connectivity index (χ4v) is 1.78. The number of ether oxygens (including phenoxy) is 1. The van der Waals surface area contributed by atoms with Crippen molar-refractivity contribution in [2.75, 3.05) is 26.1 Å². The van der Waals surface area contributed by atoms with Crippen molar-refractivity contribution in [2.45, 2.75) is 12.5 Å². The summed E-state index contributed by atoms with van der Waals surface area (Å²) >= 11 is 6.14. The summed E-state index contributed by atoms with van der Waals surface area (Å²) < 4.78 is 4.57. The zero-order chi connectivity index (χ0) is 13.0. The number of hydrogen-bond acceptors (Lipinski definition) is 4. The normalized spacial score (nSPS) is 11.4. The van der Waals surface area contributed by atoms with Crippen LogP contribution in [0.2, 0.25) is 5.02 Å². The van der Waals surface area contributed by atoms with Crippen LogP contribution in [0.5, 0.6) is 0 Å². The molecule has 0 saturated heterocycles. The Hall–Kier alpha value is -0.970. The van der Waals surface area contributed by atoms with Gasteiger partial charge in [-0.05, 0) is 17.7 Å². The number of nitrogens with two attached hydrogens (primary N) is 1. The quantitative estimate of drug-likeness (QED) is 0.866. The van der Waals surface area contributed by atoms with E-state index in [1.54, 1.807) is 0 Å². The summed E-state index contributed by atoms with van der Waals surface area (Å²) in [6.45, 7) is 0. The van der Waals surface area contributed by atoms with E-state index in [0.717, 1.165) is 11.3 Å². The van der Waals surface area contributed by atoms with Crippen molar-refractivity contribution < 1.29 is 9.53 Å². The molecule has 0 heterocycles. The van der Waals surface area contributed by atoms with E-state index in [1.807, 2.05) is 37.2 Å². The number of nitrogens with zero attached hydrogens (tertiary/aromatic N) is 1. The second-order valence-electron chi connectivity index (χ2n) is 3.99. The van der Waals surface area contributed by atoms with Gasteiger partial charge in [-0.15, -0.1) is 12.4 Å². The maximum atomic E-state index is 11.1. The third-order valence-electron chi connectivity index (χ3n) is 2.51. The molecule has 0 aliphatic heterocycles. The molecule has 1 atom stereocenters. The van der Waals surface area contributed by atoms with Crippen LogP contribution in [0.15, 0.2) is 18.2 Å². The molecule has 0 saturated carbocycles. The first-order chi connectivity index (χ1) is 7.95. The van der Waals surface area contributed by atoms with Gasteiger partial charge >= 0.3 is 5.97 Å². The Bertz CT molecular complexity index is 411. The van der Waals surface area contributed by atoms with Crippen LogP contribution in [0, 0.1) is 0 Å². The zero-order valence-corrected chi connectivity index (χ0v) is 12.2. The molecule has 0 bridgehead atoms. The fourth-order valence-electron chi connectivity index (χ4n) is 1.47. The number of halogens is 2. The molecule has 2 N–H and O–H groups in total. The van der Waals surface area contributed by atoms with Gasteiger partial charge in [-0.25, -0.2) is 0 Å². The minimum Gasteiger partial charge on any atom is -0.469 e. The van der Waals surface area contributed by atoms with Crippen LogP contribution in [-0.2, 0) is 9.53 Å². The SMILES string of the molecule is COC(=O)C[C@H](N)c1ccc(N(C)C)cc1Cl.Cl. The summed E-state index contributed by atoms with van der Waals surface area (Å²) in [7, 11) is 5.20. The van der Waals surface area contributed by atoms with Crippen LogP contribution in [0.3, 0.4) is 0 Å². The van der Waals surface area contributed by atoms with Gasteiger partial charge in [0.05, 0.1) is 13.5 Å². The molecule has 0 unspecified atom stereocenters. The highest BCUT2D eigenvalue weighted by molar-refractivity contribution is 6.31. The largest absolute Gasteiger partial charge is 0.469 e. The predicted octanol–water partition coefficient (Wildman–Crippen LogP) is 2.39. The summed E-state index contributed by atoms with van der Waals surface area (Å²) in [6.07, 6.45) is 0.123. The number of methoxy groups -OCH3 is 1. The number of carbonyl (C=O) groups is 1. The highest BCUT2D eigenvalue weighted by atomic mass is 35.5. The Morgan fingerprint density at radius 1 is 1.50 bits per heavy atom. The number of hydrogen-bond donors (Lipinski definition) is 1. The Morgan fingerprint density at radius 2 is 2.11 bits per heavy atom. The van der Waals surface area contributed by atoms with Crippen molar-refractivity contribution in [3.8, 4) is 0 Å². The summed E-state index contributed by atoms with van der Waals surface area (Å²) in [6, 6.07) is 5.14. The average molecular weight is 293 g/mol. The van der Waals surface area contributed by atoms with Crippen LogP contribution in [-0.4, -0.2) is 27.2 Å². The second kappa shape index (κ2) is 7.46. The first-order valence-electron chi connectivity index (χ1n) is 5.25. The fraction of sp³-hybridized carbons (Fsp3) is 0.417. The molecule has 0 spiro atoms. The smallest absolute Gasteiger partial charge is 0.307 e. The van der Waals surface area contributed by atoms with Gasteiger partial charge in [-0.1, -0.05) is 17.7 Å². The van der Waals surface area contributed by atoms with Gasteiger partial charge in [0.2, 0.25) is 0 Å². The van der Waals surface area contributed by atoms with Crippen LogP contribution >= 0.6 is 24.0 Å². The van der Waals surface area contributed by atoms with Crippen LogP contribution in [0.4, 0.5) is 5.69 Å². The lowest BCUT2D eigenvalue weighted by Crippen LogP contribution is -2.17. The van der Waals surface area contributed by atoms with Crippen molar-refractivity contribution in [3.05, 3.63) is 28.8 Å². The van der Waals surface area contributed by atoms with Gasteiger partial charge in [0, 0.05) is 30.8 Å². The molecule has 102 valence electrons.